The molecule has 0 aromatic carbocycles. The van der Waals surface area contributed by atoms with Crippen LogP contribution < -0.4 is 5.32 Å². The normalized spacial score (nSPS) is 32.4. The average molecular weight is 282 g/mol. The van der Waals surface area contributed by atoms with E-state index in [2.05, 4.69) is 44.8 Å². The van der Waals surface area contributed by atoms with Gasteiger partial charge in [0, 0.05) is 37.2 Å². The Bertz CT molecular complexity index is 303. The summed E-state index contributed by atoms with van der Waals surface area (Å²) in [5, 5.41) is 3.71. The molecule has 3 nitrogen and oxygen atoms in total. The van der Waals surface area contributed by atoms with E-state index in [-0.39, 0.29) is 5.54 Å². The topological polar surface area (TPSA) is 24.5 Å². The maximum atomic E-state index is 5.74. The molecule has 0 aromatic heterocycles. The minimum Gasteiger partial charge on any atom is -0.381 e. The van der Waals surface area contributed by atoms with Gasteiger partial charge in [0.05, 0.1) is 6.61 Å². The van der Waals surface area contributed by atoms with Gasteiger partial charge in [-0.2, -0.15) is 0 Å². The molecule has 0 saturated carbocycles. The zero-order valence-electron chi connectivity index (χ0n) is 14.2. The monoisotopic (exact) mass is 282 g/mol. The fraction of sp³-hybridized carbons (Fsp3) is 1.00. The fourth-order valence-electron chi connectivity index (χ4n) is 3.45. The van der Waals surface area contributed by atoms with Crippen molar-refractivity contribution in [2.75, 3.05) is 39.4 Å². The highest BCUT2D eigenvalue weighted by Gasteiger charge is 2.39. The second kappa shape index (κ2) is 6.33. The first kappa shape index (κ1) is 16.3. The van der Waals surface area contributed by atoms with Gasteiger partial charge in [-0.25, -0.2) is 0 Å². The molecule has 0 bridgehead atoms. The van der Waals surface area contributed by atoms with Gasteiger partial charge in [-0.15, -0.1) is 0 Å². The Hall–Kier alpha value is -0.120. The molecule has 2 fully saturated rings. The molecule has 0 radical (unpaired) electrons. The number of ether oxygens (including phenoxy) is 1. The molecule has 0 amide bonds. The van der Waals surface area contributed by atoms with Crippen molar-refractivity contribution in [3.63, 3.8) is 0 Å². The number of nitrogens with one attached hydrogen (secondary N) is 1. The van der Waals surface area contributed by atoms with Crippen molar-refractivity contribution in [2.45, 2.75) is 53.0 Å². The smallest absolute Gasteiger partial charge is 0.0547 e. The van der Waals surface area contributed by atoms with E-state index in [1.807, 2.05) is 0 Å². The number of hydrogen-bond acceptors (Lipinski definition) is 3. The molecule has 2 aliphatic heterocycles. The minimum atomic E-state index is 0.196. The molecule has 20 heavy (non-hydrogen) atoms. The summed E-state index contributed by atoms with van der Waals surface area (Å²) in [6.45, 7) is 18.2. The molecule has 2 saturated heterocycles. The molecule has 0 aliphatic carbocycles. The fourth-order valence-corrected chi connectivity index (χ4v) is 3.45. The number of nitrogens with zero attached hydrogens (tertiary/aromatic N) is 1. The predicted molar refractivity (Wildman–Crippen MR) is 85.0 cm³/mol. The third-order valence-corrected chi connectivity index (χ3v) is 4.99. The SMILES string of the molecule is CC(C)C1CCN(CC2(CNC(C)(C)C)CCOC2)C1. The zero-order valence-corrected chi connectivity index (χ0v) is 14.2. The van der Waals surface area contributed by atoms with Crippen molar-refractivity contribution >= 4 is 0 Å². The van der Waals surface area contributed by atoms with Crippen molar-refractivity contribution in [1.29, 1.82) is 0 Å². The number of likely N-dealkylation sites (tertiary alicyclic amines) is 1. The lowest BCUT2D eigenvalue weighted by Crippen LogP contribution is -2.49. The van der Waals surface area contributed by atoms with Crippen LogP contribution in [0.1, 0.15) is 47.5 Å². The number of hydrogen-bond donors (Lipinski definition) is 1. The largest absolute Gasteiger partial charge is 0.381 e. The van der Waals surface area contributed by atoms with Gasteiger partial charge in [0.15, 0.2) is 0 Å². The van der Waals surface area contributed by atoms with Gasteiger partial charge in [-0.05, 0) is 52.0 Å². The molecule has 1 N–H and O–H groups in total. The van der Waals surface area contributed by atoms with E-state index in [0.29, 0.717) is 5.41 Å². The Balaban J connectivity index is 1.89. The van der Waals surface area contributed by atoms with E-state index < -0.39 is 0 Å². The second-order valence-electron chi connectivity index (χ2n) is 8.43. The molecule has 2 heterocycles. The maximum Gasteiger partial charge on any atom is 0.0547 e. The van der Waals surface area contributed by atoms with Crippen LogP contribution in [0.3, 0.4) is 0 Å². The van der Waals surface area contributed by atoms with Gasteiger partial charge in [0.1, 0.15) is 0 Å². The van der Waals surface area contributed by atoms with Crippen LogP contribution in [0.2, 0.25) is 0 Å². The summed E-state index contributed by atoms with van der Waals surface area (Å²) >= 11 is 0. The van der Waals surface area contributed by atoms with Crippen LogP contribution in [-0.2, 0) is 4.74 Å². The Morgan fingerprint density at radius 3 is 2.60 bits per heavy atom. The molecule has 0 spiro atoms. The molecule has 118 valence electrons. The van der Waals surface area contributed by atoms with Gasteiger partial charge in [0.2, 0.25) is 0 Å². The Kier molecular flexibility index (Phi) is 5.14. The first-order valence-electron chi connectivity index (χ1n) is 8.35. The second-order valence-corrected chi connectivity index (χ2v) is 8.43. The van der Waals surface area contributed by atoms with Crippen LogP contribution in [0.25, 0.3) is 0 Å². The van der Waals surface area contributed by atoms with Gasteiger partial charge < -0.3 is 15.0 Å². The lowest BCUT2D eigenvalue weighted by atomic mass is 9.85. The third kappa shape index (κ3) is 4.44. The number of rotatable bonds is 5. The first-order chi connectivity index (χ1) is 9.30. The first-order valence-corrected chi connectivity index (χ1v) is 8.35. The lowest BCUT2D eigenvalue weighted by Gasteiger charge is -2.35. The summed E-state index contributed by atoms with van der Waals surface area (Å²) in [5.74, 6) is 1.72. The van der Waals surface area contributed by atoms with Crippen LogP contribution in [-0.4, -0.2) is 49.8 Å². The van der Waals surface area contributed by atoms with Crippen LogP contribution in [0, 0.1) is 17.3 Å². The summed E-state index contributed by atoms with van der Waals surface area (Å²) in [5.41, 5.74) is 0.528. The van der Waals surface area contributed by atoms with Crippen LogP contribution in [0.5, 0.6) is 0 Å². The van der Waals surface area contributed by atoms with Crippen molar-refractivity contribution in [1.82, 2.24) is 10.2 Å². The quantitative estimate of drug-likeness (QED) is 0.839. The molecule has 2 aliphatic rings. The summed E-state index contributed by atoms with van der Waals surface area (Å²) in [6, 6.07) is 0. The molecular formula is C17H34N2O. The van der Waals surface area contributed by atoms with Crippen molar-refractivity contribution < 1.29 is 4.74 Å². The maximum absolute atomic E-state index is 5.74. The zero-order chi connectivity index (χ0) is 14.8. The van der Waals surface area contributed by atoms with E-state index in [1.54, 1.807) is 0 Å². The van der Waals surface area contributed by atoms with Gasteiger partial charge in [0.25, 0.3) is 0 Å². The molecule has 2 unspecified atom stereocenters. The van der Waals surface area contributed by atoms with Gasteiger partial charge in [-0.1, -0.05) is 13.8 Å². The highest BCUT2D eigenvalue weighted by molar-refractivity contribution is 4.92. The van der Waals surface area contributed by atoms with E-state index in [4.69, 9.17) is 4.74 Å². The minimum absolute atomic E-state index is 0.196. The van der Waals surface area contributed by atoms with E-state index in [0.717, 1.165) is 31.6 Å². The summed E-state index contributed by atoms with van der Waals surface area (Å²) in [7, 11) is 0. The van der Waals surface area contributed by atoms with Crippen molar-refractivity contribution in [3.05, 3.63) is 0 Å². The van der Waals surface area contributed by atoms with E-state index in [1.165, 1.54) is 32.5 Å². The summed E-state index contributed by atoms with van der Waals surface area (Å²) < 4.78 is 5.74. The van der Waals surface area contributed by atoms with Crippen LogP contribution in [0.4, 0.5) is 0 Å². The average Bonchev–Trinajstić information content (AvgIpc) is 2.96. The molecule has 3 heteroatoms. The molecule has 0 aromatic rings. The van der Waals surface area contributed by atoms with Crippen molar-refractivity contribution in [2.24, 2.45) is 17.3 Å². The third-order valence-electron chi connectivity index (χ3n) is 4.99. The van der Waals surface area contributed by atoms with E-state index >= 15 is 0 Å². The van der Waals surface area contributed by atoms with E-state index in [9.17, 15) is 0 Å². The Morgan fingerprint density at radius 1 is 1.35 bits per heavy atom. The van der Waals surface area contributed by atoms with Gasteiger partial charge in [-0.3, -0.25) is 0 Å². The Labute approximate surface area is 125 Å². The Morgan fingerprint density at radius 2 is 2.10 bits per heavy atom. The van der Waals surface area contributed by atoms with Crippen molar-refractivity contribution in [3.8, 4) is 0 Å². The lowest BCUT2D eigenvalue weighted by molar-refractivity contribution is 0.110. The molecular weight excluding hydrogens is 248 g/mol. The summed E-state index contributed by atoms with van der Waals surface area (Å²) in [4.78, 5) is 2.68. The predicted octanol–water partition coefficient (Wildman–Crippen LogP) is 2.76. The standard InChI is InChI=1S/C17H34N2O/c1-14(2)15-6-8-19(10-15)12-17(7-9-20-13-17)11-18-16(3,4)5/h14-15,18H,6-13H2,1-5H3. The highest BCUT2D eigenvalue weighted by Crippen LogP contribution is 2.33. The van der Waals surface area contributed by atoms with Crippen LogP contribution in [0.15, 0.2) is 0 Å². The molecule has 2 rings (SSSR count). The summed E-state index contributed by atoms with van der Waals surface area (Å²) in [6.07, 6.45) is 2.58. The van der Waals surface area contributed by atoms with Gasteiger partial charge >= 0.3 is 0 Å². The van der Waals surface area contributed by atoms with Crippen LogP contribution >= 0.6 is 0 Å². The highest BCUT2D eigenvalue weighted by atomic mass is 16.5. The molecule has 2 atom stereocenters.